The Kier molecular flexibility index (Phi) is 4.52. The second-order valence-electron chi connectivity index (χ2n) is 5.58. The lowest BCUT2D eigenvalue weighted by Crippen LogP contribution is -2.12. The zero-order valence-corrected chi connectivity index (χ0v) is 14.3. The normalized spacial score (nSPS) is 11.3. The van der Waals surface area contributed by atoms with Crippen molar-refractivity contribution >= 4 is 38.2 Å². The summed E-state index contributed by atoms with van der Waals surface area (Å²) in [5, 5.41) is 24.0. The molecule has 0 atom stereocenters. The second kappa shape index (κ2) is 6.67. The molecule has 10 heteroatoms. The third-order valence-corrected chi connectivity index (χ3v) is 4.63. The molecule has 27 heavy (non-hydrogen) atoms. The molecule has 0 aliphatic carbocycles. The number of fused-ring (bicyclic) bond motifs is 1. The maximum absolute atomic E-state index is 12.4. The van der Waals surface area contributed by atoms with Gasteiger partial charge in [0.1, 0.15) is 5.75 Å². The monoisotopic (exact) mass is 388 g/mol. The Labute approximate surface area is 152 Å². The van der Waals surface area contributed by atoms with E-state index in [-0.39, 0.29) is 27.7 Å². The van der Waals surface area contributed by atoms with Crippen molar-refractivity contribution in [3.8, 4) is 5.75 Å². The van der Waals surface area contributed by atoms with Gasteiger partial charge in [-0.2, -0.15) is 8.42 Å². The fourth-order valence-electron chi connectivity index (χ4n) is 2.59. The summed E-state index contributed by atoms with van der Waals surface area (Å²) in [5.41, 5.74) is -0.0418. The molecule has 0 fully saturated rings. The number of carbonyl (C=O) groups is 1. The van der Waals surface area contributed by atoms with Gasteiger partial charge in [0, 0.05) is 29.1 Å². The van der Waals surface area contributed by atoms with Crippen LogP contribution < -0.4 is 5.32 Å². The van der Waals surface area contributed by atoms with Gasteiger partial charge < -0.3 is 10.4 Å². The number of phenolic OH excluding ortho intramolecular Hbond substituents is 1. The quantitative estimate of drug-likeness (QED) is 0.354. The van der Waals surface area contributed by atoms with Gasteiger partial charge in [-0.1, -0.05) is 18.2 Å². The molecule has 3 aromatic carbocycles. The number of benzene rings is 3. The lowest BCUT2D eigenvalue weighted by Gasteiger charge is -2.11. The van der Waals surface area contributed by atoms with E-state index in [1.807, 2.05) is 0 Å². The van der Waals surface area contributed by atoms with E-state index >= 15 is 0 Å². The molecular weight excluding hydrogens is 376 g/mol. The number of nitrogens with one attached hydrogen (secondary N) is 1. The first-order valence-electron chi connectivity index (χ1n) is 7.46. The van der Waals surface area contributed by atoms with Crippen LogP contribution in [0.5, 0.6) is 5.75 Å². The summed E-state index contributed by atoms with van der Waals surface area (Å²) in [6.07, 6.45) is 0. The average Bonchev–Trinajstić information content (AvgIpc) is 2.60. The van der Waals surface area contributed by atoms with Gasteiger partial charge in [-0.3, -0.25) is 19.5 Å². The van der Waals surface area contributed by atoms with Crippen molar-refractivity contribution in [3.05, 3.63) is 70.3 Å². The Morgan fingerprint density at radius 2 is 1.78 bits per heavy atom. The lowest BCUT2D eigenvalue weighted by molar-refractivity contribution is -0.384. The topological polar surface area (TPSA) is 147 Å². The van der Waals surface area contributed by atoms with E-state index in [2.05, 4.69) is 5.32 Å². The number of rotatable bonds is 4. The molecule has 0 aromatic heterocycles. The fourth-order valence-corrected chi connectivity index (χ4v) is 3.12. The molecule has 1 amide bonds. The first kappa shape index (κ1) is 18.3. The summed E-state index contributed by atoms with van der Waals surface area (Å²) >= 11 is 0. The van der Waals surface area contributed by atoms with Crippen LogP contribution in [0.2, 0.25) is 0 Å². The number of anilines is 1. The Balaban J connectivity index is 2.04. The number of carbonyl (C=O) groups excluding carboxylic acids is 1. The Morgan fingerprint density at radius 1 is 1.07 bits per heavy atom. The molecular formula is C17H12N2O7S. The highest BCUT2D eigenvalue weighted by molar-refractivity contribution is 7.85. The molecule has 0 radical (unpaired) electrons. The predicted octanol–water partition coefficient (Wildman–Crippen LogP) is 2.95. The smallest absolute Gasteiger partial charge is 0.294 e. The number of nitrogens with zero attached hydrogens (tertiary/aromatic N) is 1. The molecule has 138 valence electrons. The fraction of sp³-hybridized carbons (Fsp3) is 0. The minimum atomic E-state index is -4.52. The van der Waals surface area contributed by atoms with E-state index in [0.717, 1.165) is 18.2 Å². The highest BCUT2D eigenvalue weighted by Crippen LogP contribution is 2.34. The Morgan fingerprint density at radius 3 is 2.44 bits per heavy atom. The van der Waals surface area contributed by atoms with Gasteiger partial charge in [-0.25, -0.2) is 0 Å². The minimum absolute atomic E-state index is 0.0373. The van der Waals surface area contributed by atoms with Crippen molar-refractivity contribution in [1.82, 2.24) is 0 Å². The highest BCUT2D eigenvalue weighted by atomic mass is 32.2. The Bertz CT molecular complexity index is 1190. The van der Waals surface area contributed by atoms with Crippen LogP contribution >= 0.6 is 0 Å². The lowest BCUT2D eigenvalue weighted by atomic mass is 10.1. The summed E-state index contributed by atoms with van der Waals surface area (Å²) in [4.78, 5) is 22.1. The molecule has 3 aromatic rings. The number of nitro benzene ring substituents is 1. The van der Waals surface area contributed by atoms with Crippen molar-refractivity contribution < 1.29 is 27.8 Å². The highest BCUT2D eigenvalue weighted by Gasteiger charge is 2.17. The molecule has 0 heterocycles. The Hall–Kier alpha value is -3.50. The molecule has 3 rings (SSSR count). The van der Waals surface area contributed by atoms with Gasteiger partial charge in [-0.15, -0.1) is 0 Å². The largest absolute Gasteiger partial charge is 0.507 e. The predicted molar refractivity (Wildman–Crippen MR) is 96.5 cm³/mol. The van der Waals surface area contributed by atoms with Gasteiger partial charge >= 0.3 is 0 Å². The standard InChI is InChI=1S/C17H12N2O7S/c20-15-9-13(27(24,25)26)8-10-3-2-6-14(16(10)15)18-17(21)11-4-1-5-12(7-11)19(22)23/h1-9,20H,(H,18,21)(H,24,25,26). The van der Waals surface area contributed by atoms with Crippen molar-refractivity contribution in [2.24, 2.45) is 0 Å². The van der Waals surface area contributed by atoms with Gasteiger partial charge in [0.2, 0.25) is 0 Å². The van der Waals surface area contributed by atoms with Gasteiger partial charge in [0.15, 0.2) is 0 Å². The van der Waals surface area contributed by atoms with Crippen LogP contribution in [0.3, 0.4) is 0 Å². The van der Waals surface area contributed by atoms with E-state index in [4.69, 9.17) is 4.55 Å². The van der Waals surface area contributed by atoms with Crippen molar-refractivity contribution in [2.45, 2.75) is 4.90 Å². The maximum Gasteiger partial charge on any atom is 0.294 e. The average molecular weight is 388 g/mol. The number of amides is 1. The summed E-state index contributed by atoms with van der Waals surface area (Å²) in [7, 11) is -4.52. The van der Waals surface area contributed by atoms with Crippen LogP contribution in [-0.4, -0.2) is 28.9 Å². The first-order chi connectivity index (χ1) is 12.7. The number of non-ortho nitro benzene ring substituents is 1. The first-order valence-corrected chi connectivity index (χ1v) is 8.90. The number of hydrogen-bond donors (Lipinski definition) is 3. The van der Waals surface area contributed by atoms with Crippen LogP contribution in [0.15, 0.2) is 59.5 Å². The van der Waals surface area contributed by atoms with Gasteiger partial charge in [-0.05, 0) is 23.6 Å². The van der Waals surface area contributed by atoms with E-state index < -0.39 is 31.6 Å². The van der Waals surface area contributed by atoms with Crippen molar-refractivity contribution in [1.29, 1.82) is 0 Å². The van der Waals surface area contributed by atoms with Crippen LogP contribution in [0.4, 0.5) is 11.4 Å². The third kappa shape index (κ3) is 3.71. The van der Waals surface area contributed by atoms with Gasteiger partial charge in [0.05, 0.1) is 15.5 Å². The van der Waals surface area contributed by atoms with E-state index in [1.165, 1.54) is 36.4 Å². The molecule has 0 aliphatic rings. The summed E-state index contributed by atoms with van der Waals surface area (Å²) in [6.45, 7) is 0. The number of nitro groups is 1. The molecule has 9 nitrogen and oxygen atoms in total. The van der Waals surface area contributed by atoms with Crippen molar-refractivity contribution in [2.75, 3.05) is 5.32 Å². The molecule has 0 aliphatic heterocycles. The number of phenols is 1. The number of hydrogen-bond acceptors (Lipinski definition) is 6. The van der Waals surface area contributed by atoms with Gasteiger partial charge in [0.25, 0.3) is 21.7 Å². The molecule has 0 saturated carbocycles. The zero-order chi connectivity index (χ0) is 19.8. The van der Waals surface area contributed by atoms with E-state index in [0.29, 0.717) is 0 Å². The van der Waals surface area contributed by atoms with Crippen LogP contribution in [0.25, 0.3) is 10.8 Å². The van der Waals surface area contributed by atoms with Crippen LogP contribution in [0, 0.1) is 10.1 Å². The number of aromatic hydroxyl groups is 1. The second-order valence-corrected chi connectivity index (χ2v) is 7.00. The summed E-state index contributed by atoms with van der Waals surface area (Å²) in [6, 6.07) is 11.6. The van der Waals surface area contributed by atoms with E-state index in [9.17, 15) is 28.4 Å². The molecule has 0 bridgehead atoms. The van der Waals surface area contributed by atoms with Crippen LogP contribution in [-0.2, 0) is 10.1 Å². The zero-order valence-electron chi connectivity index (χ0n) is 13.5. The molecule has 0 unspecified atom stereocenters. The molecule has 0 spiro atoms. The van der Waals surface area contributed by atoms with Crippen molar-refractivity contribution in [3.63, 3.8) is 0 Å². The molecule has 0 saturated heterocycles. The van der Waals surface area contributed by atoms with E-state index in [1.54, 1.807) is 0 Å². The third-order valence-electron chi connectivity index (χ3n) is 3.79. The summed E-state index contributed by atoms with van der Waals surface area (Å²) in [5.74, 6) is -1.11. The summed E-state index contributed by atoms with van der Waals surface area (Å²) < 4.78 is 31.7. The maximum atomic E-state index is 12.4. The molecule has 3 N–H and O–H groups in total. The minimum Gasteiger partial charge on any atom is -0.507 e. The SMILES string of the molecule is O=C(Nc1cccc2cc(S(=O)(=O)O)cc(O)c12)c1cccc([N+](=O)[O-])c1. The van der Waals surface area contributed by atoms with Crippen LogP contribution in [0.1, 0.15) is 10.4 Å².